The molecule has 7 heteroatoms. The number of carbonyl (C=O) groups is 1. The van der Waals surface area contributed by atoms with Crippen molar-refractivity contribution in [3.8, 4) is 5.75 Å². The number of likely N-dealkylation sites (tertiary alicyclic amines) is 1. The highest BCUT2D eigenvalue weighted by atomic mass is 35.5. The molecule has 0 spiro atoms. The summed E-state index contributed by atoms with van der Waals surface area (Å²) in [6.45, 7) is 0.926. The molecule has 5 nitrogen and oxygen atoms in total. The van der Waals surface area contributed by atoms with Crippen molar-refractivity contribution in [1.82, 2.24) is 4.90 Å². The van der Waals surface area contributed by atoms with Crippen LogP contribution in [0.1, 0.15) is 17.5 Å². The number of carboxylic acid groups (broad SMARTS) is 1. The molecule has 27 heavy (non-hydrogen) atoms. The highest BCUT2D eigenvalue weighted by molar-refractivity contribution is 6.32. The zero-order chi connectivity index (χ0) is 19.6. The summed E-state index contributed by atoms with van der Waals surface area (Å²) in [5.41, 5.74) is -0.248. The first-order chi connectivity index (χ1) is 12.8. The molecule has 0 unspecified atom stereocenters. The van der Waals surface area contributed by atoms with Gasteiger partial charge < -0.3 is 15.3 Å². The zero-order valence-corrected chi connectivity index (χ0v) is 15.4. The topological polar surface area (TPSA) is 81.0 Å². The van der Waals surface area contributed by atoms with Crippen molar-refractivity contribution in [3.63, 3.8) is 0 Å². The van der Waals surface area contributed by atoms with Gasteiger partial charge in [0.15, 0.2) is 0 Å². The van der Waals surface area contributed by atoms with Crippen LogP contribution in [0.2, 0.25) is 5.02 Å². The molecule has 0 aliphatic carbocycles. The van der Waals surface area contributed by atoms with Gasteiger partial charge in [-0.25, -0.2) is 4.39 Å². The fourth-order valence-corrected chi connectivity index (χ4v) is 3.89. The third-order valence-electron chi connectivity index (χ3n) is 5.15. The third-order valence-corrected chi connectivity index (χ3v) is 5.59. The SMILES string of the molecule is O=C(O)[C@]1(Cc2cccc(F)c2)CN(Cc2cccc(O)c2Cl)CC[C@H]1O. The lowest BCUT2D eigenvalue weighted by molar-refractivity contribution is -0.163. The highest BCUT2D eigenvalue weighted by Crippen LogP contribution is 2.36. The van der Waals surface area contributed by atoms with Crippen LogP contribution in [0, 0.1) is 11.2 Å². The van der Waals surface area contributed by atoms with E-state index in [0.29, 0.717) is 24.2 Å². The molecule has 2 aromatic carbocycles. The van der Waals surface area contributed by atoms with E-state index >= 15 is 0 Å². The van der Waals surface area contributed by atoms with Gasteiger partial charge in [0.1, 0.15) is 17.0 Å². The van der Waals surface area contributed by atoms with E-state index in [1.807, 2.05) is 4.90 Å². The van der Waals surface area contributed by atoms with Crippen LogP contribution in [0.5, 0.6) is 5.75 Å². The molecule has 1 fully saturated rings. The van der Waals surface area contributed by atoms with Gasteiger partial charge in [-0.15, -0.1) is 0 Å². The Hall–Kier alpha value is -2.15. The summed E-state index contributed by atoms with van der Waals surface area (Å²) in [5, 5.41) is 30.5. The van der Waals surface area contributed by atoms with Gasteiger partial charge in [0, 0.05) is 19.6 Å². The molecule has 1 aliphatic rings. The summed E-state index contributed by atoms with van der Waals surface area (Å²) >= 11 is 6.14. The summed E-state index contributed by atoms with van der Waals surface area (Å²) in [6, 6.07) is 10.7. The summed E-state index contributed by atoms with van der Waals surface area (Å²) in [6.07, 6.45) is -0.752. The molecular weight excluding hydrogens is 373 g/mol. The Morgan fingerprint density at radius 3 is 2.74 bits per heavy atom. The Balaban J connectivity index is 1.86. The Morgan fingerprint density at radius 1 is 1.30 bits per heavy atom. The quantitative estimate of drug-likeness (QED) is 0.727. The van der Waals surface area contributed by atoms with Gasteiger partial charge in [-0.2, -0.15) is 0 Å². The third kappa shape index (κ3) is 4.08. The summed E-state index contributed by atoms with van der Waals surface area (Å²) in [5.74, 6) is -1.59. The Bertz CT molecular complexity index is 846. The average Bonchev–Trinajstić information content (AvgIpc) is 2.61. The van der Waals surface area contributed by atoms with Crippen molar-refractivity contribution in [2.24, 2.45) is 5.41 Å². The lowest BCUT2D eigenvalue weighted by Gasteiger charge is -2.43. The van der Waals surface area contributed by atoms with Gasteiger partial charge in [0.05, 0.1) is 11.1 Å². The van der Waals surface area contributed by atoms with Gasteiger partial charge in [-0.05, 0) is 42.2 Å². The van der Waals surface area contributed by atoms with Crippen molar-refractivity contribution in [2.75, 3.05) is 13.1 Å². The highest BCUT2D eigenvalue weighted by Gasteiger charge is 2.49. The maximum Gasteiger partial charge on any atom is 0.313 e. The normalized spacial score (nSPS) is 23.3. The van der Waals surface area contributed by atoms with E-state index in [-0.39, 0.29) is 30.2 Å². The number of aliphatic hydroxyl groups excluding tert-OH is 1. The van der Waals surface area contributed by atoms with Gasteiger partial charge >= 0.3 is 5.97 Å². The fraction of sp³-hybridized carbons (Fsp3) is 0.350. The molecule has 0 bridgehead atoms. The molecule has 2 atom stereocenters. The first-order valence-electron chi connectivity index (χ1n) is 8.66. The predicted octanol–water partition coefficient (Wildman–Crippen LogP) is 3.07. The number of aliphatic carboxylic acids is 1. The molecule has 0 aromatic heterocycles. The Kier molecular flexibility index (Phi) is 5.69. The molecule has 3 rings (SSSR count). The van der Waals surface area contributed by atoms with Crippen LogP contribution in [0.4, 0.5) is 4.39 Å². The standard InChI is InChI=1S/C20H21ClFNO4/c21-18-14(4-2-6-16(18)24)11-23-8-7-17(25)20(12-23,19(26)27)10-13-3-1-5-15(22)9-13/h1-6,9,17,24-25H,7-8,10-12H2,(H,26,27)/t17-,20-/m1/s1. The zero-order valence-electron chi connectivity index (χ0n) is 14.6. The van der Waals surface area contributed by atoms with E-state index in [9.17, 15) is 24.5 Å². The number of benzene rings is 2. The van der Waals surface area contributed by atoms with Crippen LogP contribution in [-0.4, -0.2) is 45.4 Å². The van der Waals surface area contributed by atoms with E-state index in [0.717, 1.165) is 0 Å². The number of piperidine rings is 1. The van der Waals surface area contributed by atoms with Crippen LogP contribution in [0.15, 0.2) is 42.5 Å². The second kappa shape index (κ2) is 7.84. The molecule has 1 heterocycles. The van der Waals surface area contributed by atoms with Crippen LogP contribution < -0.4 is 0 Å². The largest absolute Gasteiger partial charge is 0.506 e. The molecule has 2 aromatic rings. The number of carboxylic acids is 1. The lowest BCUT2D eigenvalue weighted by atomic mass is 9.72. The van der Waals surface area contributed by atoms with E-state index in [1.54, 1.807) is 18.2 Å². The number of hydrogen-bond acceptors (Lipinski definition) is 4. The van der Waals surface area contributed by atoms with Gasteiger partial charge in [-0.1, -0.05) is 35.9 Å². The van der Waals surface area contributed by atoms with Crippen molar-refractivity contribution in [2.45, 2.75) is 25.5 Å². The number of aliphatic hydroxyl groups is 1. The Labute approximate surface area is 161 Å². The fourth-order valence-electron chi connectivity index (χ4n) is 3.70. The number of rotatable bonds is 5. The van der Waals surface area contributed by atoms with Crippen molar-refractivity contribution in [1.29, 1.82) is 0 Å². The minimum Gasteiger partial charge on any atom is -0.506 e. The summed E-state index contributed by atoms with van der Waals surface area (Å²) in [7, 11) is 0. The van der Waals surface area contributed by atoms with E-state index in [1.165, 1.54) is 24.3 Å². The van der Waals surface area contributed by atoms with Crippen molar-refractivity contribution in [3.05, 3.63) is 64.4 Å². The molecule has 0 radical (unpaired) electrons. The molecule has 0 saturated carbocycles. The first-order valence-corrected chi connectivity index (χ1v) is 9.04. The van der Waals surface area contributed by atoms with Crippen molar-refractivity contribution < 1.29 is 24.5 Å². The van der Waals surface area contributed by atoms with Crippen LogP contribution in [0.3, 0.4) is 0 Å². The smallest absolute Gasteiger partial charge is 0.313 e. The molecule has 0 amide bonds. The monoisotopic (exact) mass is 393 g/mol. The second-order valence-corrected chi connectivity index (χ2v) is 7.41. The summed E-state index contributed by atoms with van der Waals surface area (Å²) in [4.78, 5) is 14.0. The second-order valence-electron chi connectivity index (χ2n) is 7.03. The molecule has 1 saturated heterocycles. The van der Waals surface area contributed by atoms with E-state index in [4.69, 9.17) is 11.6 Å². The van der Waals surface area contributed by atoms with Crippen LogP contribution >= 0.6 is 11.6 Å². The number of nitrogens with zero attached hydrogens (tertiary/aromatic N) is 1. The number of phenols is 1. The number of phenolic OH excluding ortho intramolecular Hbond substituents is 1. The first kappa shape index (κ1) is 19.6. The predicted molar refractivity (Wildman–Crippen MR) is 99.2 cm³/mol. The number of aromatic hydroxyl groups is 1. The average molecular weight is 394 g/mol. The minimum atomic E-state index is -1.45. The molecular formula is C20H21ClFNO4. The van der Waals surface area contributed by atoms with Crippen LogP contribution in [-0.2, 0) is 17.8 Å². The van der Waals surface area contributed by atoms with Gasteiger partial charge in [0.2, 0.25) is 0 Å². The van der Waals surface area contributed by atoms with E-state index in [2.05, 4.69) is 0 Å². The molecule has 1 aliphatic heterocycles. The van der Waals surface area contributed by atoms with E-state index < -0.39 is 23.3 Å². The van der Waals surface area contributed by atoms with Gasteiger partial charge in [-0.3, -0.25) is 9.69 Å². The molecule has 3 N–H and O–H groups in total. The lowest BCUT2D eigenvalue weighted by Crippen LogP contribution is -2.56. The Morgan fingerprint density at radius 2 is 2.04 bits per heavy atom. The van der Waals surface area contributed by atoms with Crippen molar-refractivity contribution >= 4 is 17.6 Å². The minimum absolute atomic E-state index is 0.0194. The number of hydrogen-bond donors (Lipinski definition) is 3. The maximum atomic E-state index is 13.5. The van der Waals surface area contributed by atoms with Gasteiger partial charge in [0.25, 0.3) is 0 Å². The number of halogens is 2. The molecule has 144 valence electrons. The maximum absolute atomic E-state index is 13.5. The summed E-state index contributed by atoms with van der Waals surface area (Å²) < 4.78 is 13.5. The van der Waals surface area contributed by atoms with Crippen LogP contribution in [0.25, 0.3) is 0 Å².